The van der Waals surface area contributed by atoms with Gasteiger partial charge in [0.25, 0.3) is 5.69 Å². The molecular formula is C24H19N3O4. The van der Waals surface area contributed by atoms with E-state index in [-0.39, 0.29) is 18.0 Å². The van der Waals surface area contributed by atoms with E-state index in [4.69, 9.17) is 4.42 Å². The summed E-state index contributed by atoms with van der Waals surface area (Å²) >= 11 is 0. The predicted molar refractivity (Wildman–Crippen MR) is 119 cm³/mol. The van der Waals surface area contributed by atoms with E-state index in [1.54, 1.807) is 31.2 Å². The molecule has 1 heterocycles. The fourth-order valence-corrected chi connectivity index (χ4v) is 3.40. The quantitative estimate of drug-likeness (QED) is 0.273. The highest BCUT2D eigenvalue weighted by atomic mass is 16.6. The number of fused-ring (bicyclic) bond motifs is 1. The second kappa shape index (κ2) is 8.62. The Labute approximate surface area is 178 Å². The highest BCUT2D eigenvalue weighted by molar-refractivity contribution is 5.90. The number of nitro groups is 1. The van der Waals surface area contributed by atoms with Crippen LogP contribution in [0.5, 0.6) is 0 Å². The molecule has 0 aliphatic heterocycles. The average Bonchev–Trinajstić information content (AvgIpc) is 3.22. The molecule has 0 saturated heterocycles. The number of hydrazone groups is 1. The molecule has 0 aliphatic carbocycles. The molecule has 0 radical (unpaired) electrons. The minimum atomic E-state index is -0.438. The number of nitrogens with one attached hydrogen (secondary N) is 1. The Hall–Kier alpha value is -4.26. The summed E-state index contributed by atoms with van der Waals surface area (Å²) in [5, 5.41) is 17.4. The van der Waals surface area contributed by atoms with E-state index in [0.717, 1.165) is 21.9 Å². The van der Waals surface area contributed by atoms with Gasteiger partial charge < -0.3 is 4.42 Å². The van der Waals surface area contributed by atoms with Crippen LogP contribution in [0.3, 0.4) is 0 Å². The van der Waals surface area contributed by atoms with Crippen molar-refractivity contribution in [2.24, 2.45) is 5.10 Å². The number of rotatable bonds is 6. The summed E-state index contributed by atoms with van der Waals surface area (Å²) < 4.78 is 5.65. The zero-order valence-electron chi connectivity index (χ0n) is 16.7. The van der Waals surface area contributed by atoms with Crippen LogP contribution in [-0.4, -0.2) is 17.0 Å². The van der Waals surface area contributed by atoms with Gasteiger partial charge in [0.15, 0.2) is 0 Å². The maximum atomic E-state index is 12.3. The van der Waals surface area contributed by atoms with Crippen molar-refractivity contribution < 1.29 is 14.1 Å². The molecule has 0 fully saturated rings. The maximum Gasteiger partial charge on any atom is 0.280 e. The van der Waals surface area contributed by atoms with Crippen LogP contribution in [0.1, 0.15) is 16.9 Å². The summed E-state index contributed by atoms with van der Waals surface area (Å²) in [5.41, 5.74) is 4.55. The van der Waals surface area contributed by atoms with Crippen molar-refractivity contribution >= 4 is 28.6 Å². The molecule has 0 aliphatic rings. The fourth-order valence-electron chi connectivity index (χ4n) is 3.40. The Kier molecular flexibility index (Phi) is 5.57. The lowest BCUT2D eigenvalue weighted by Crippen LogP contribution is -2.19. The molecule has 7 heteroatoms. The first-order valence-corrected chi connectivity index (χ1v) is 9.65. The molecule has 4 aromatic rings. The molecule has 1 N–H and O–H groups in total. The zero-order chi connectivity index (χ0) is 21.8. The van der Waals surface area contributed by atoms with Crippen LogP contribution in [0.2, 0.25) is 0 Å². The number of hydrogen-bond acceptors (Lipinski definition) is 5. The van der Waals surface area contributed by atoms with Gasteiger partial charge in [0.05, 0.1) is 23.1 Å². The highest BCUT2D eigenvalue weighted by Gasteiger charge is 2.18. The number of nitrogens with zero attached hydrogens (tertiary/aromatic N) is 2. The molecule has 0 saturated carbocycles. The van der Waals surface area contributed by atoms with Crippen LogP contribution in [-0.2, 0) is 11.2 Å². The van der Waals surface area contributed by atoms with Crippen molar-refractivity contribution in [1.29, 1.82) is 0 Å². The topological polar surface area (TPSA) is 97.7 Å². The minimum absolute atomic E-state index is 0.0266. The van der Waals surface area contributed by atoms with Crippen LogP contribution in [0, 0.1) is 17.0 Å². The van der Waals surface area contributed by atoms with Crippen LogP contribution in [0.25, 0.3) is 22.1 Å². The van der Waals surface area contributed by atoms with Gasteiger partial charge in [-0.25, -0.2) is 5.43 Å². The molecule has 0 spiro atoms. The molecule has 4 rings (SSSR count). The third-order valence-electron chi connectivity index (χ3n) is 4.85. The first kappa shape index (κ1) is 20.0. The molecule has 154 valence electrons. The van der Waals surface area contributed by atoms with Crippen molar-refractivity contribution in [3.63, 3.8) is 0 Å². The summed E-state index contributed by atoms with van der Waals surface area (Å²) in [7, 11) is 0. The maximum absolute atomic E-state index is 12.3. The Balaban J connectivity index is 1.44. The first-order chi connectivity index (χ1) is 15.0. The SMILES string of the molecule is Cc1ccc(-c2ccc(/C=N\NC(=O)Cc3cccc4ccccc34)o2)c([N+](=O)[O-])c1. The molecule has 1 amide bonds. The van der Waals surface area contributed by atoms with Gasteiger partial charge in [-0.3, -0.25) is 14.9 Å². The number of amides is 1. The summed E-state index contributed by atoms with van der Waals surface area (Å²) in [4.78, 5) is 23.2. The summed E-state index contributed by atoms with van der Waals surface area (Å²) in [6.07, 6.45) is 1.56. The summed E-state index contributed by atoms with van der Waals surface area (Å²) in [6, 6.07) is 21.9. The zero-order valence-corrected chi connectivity index (χ0v) is 16.7. The van der Waals surface area contributed by atoms with E-state index in [0.29, 0.717) is 17.1 Å². The van der Waals surface area contributed by atoms with Crippen molar-refractivity contribution in [3.8, 4) is 11.3 Å². The van der Waals surface area contributed by atoms with Crippen molar-refractivity contribution in [2.75, 3.05) is 0 Å². The predicted octanol–water partition coefficient (Wildman–Crippen LogP) is 5.01. The molecule has 31 heavy (non-hydrogen) atoms. The van der Waals surface area contributed by atoms with Gasteiger partial charge in [-0.2, -0.15) is 5.10 Å². The smallest absolute Gasteiger partial charge is 0.280 e. The molecule has 0 atom stereocenters. The molecule has 1 aromatic heterocycles. The van der Waals surface area contributed by atoms with Crippen LogP contribution in [0.4, 0.5) is 5.69 Å². The number of hydrogen-bond donors (Lipinski definition) is 1. The Morgan fingerprint density at radius 1 is 1.10 bits per heavy atom. The molecular weight excluding hydrogens is 394 g/mol. The van der Waals surface area contributed by atoms with Crippen molar-refractivity contribution in [2.45, 2.75) is 13.3 Å². The highest BCUT2D eigenvalue weighted by Crippen LogP contribution is 2.31. The van der Waals surface area contributed by atoms with Gasteiger partial charge in [0.1, 0.15) is 11.5 Å². The van der Waals surface area contributed by atoms with E-state index in [1.165, 1.54) is 12.3 Å². The Bertz CT molecular complexity index is 1300. The molecule has 3 aromatic carbocycles. The second-order valence-electron chi connectivity index (χ2n) is 7.09. The van der Waals surface area contributed by atoms with Gasteiger partial charge in [0, 0.05) is 6.07 Å². The van der Waals surface area contributed by atoms with Gasteiger partial charge in [-0.15, -0.1) is 0 Å². The van der Waals surface area contributed by atoms with Gasteiger partial charge in [-0.05, 0) is 47.0 Å². The van der Waals surface area contributed by atoms with E-state index >= 15 is 0 Å². The number of nitro benzene ring substituents is 1. The Morgan fingerprint density at radius 3 is 2.74 bits per heavy atom. The van der Waals surface area contributed by atoms with E-state index in [1.807, 2.05) is 42.5 Å². The summed E-state index contributed by atoms with van der Waals surface area (Å²) in [5.74, 6) is 0.471. The van der Waals surface area contributed by atoms with Crippen LogP contribution < -0.4 is 5.43 Å². The van der Waals surface area contributed by atoms with Gasteiger partial charge in [-0.1, -0.05) is 48.5 Å². The monoisotopic (exact) mass is 413 g/mol. The average molecular weight is 413 g/mol. The lowest BCUT2D eigenvalue weighted by molar-refractivity contribution is -0.384. The first-order valence-electron chi connectivity index (χ1n) is 9.65. The molecule has 7 nitrogen and oxygen atoms in total. The number of benzene rings is 3. The number of carbonyl (C=O) groups excluding carboxylic acids is 1. The largest absolute Gasteiger partial charge is 0.455 e. The van der Waals surface area contributed by atoms with E-state index in [9.17, 15) is 14.9 Å². The number of aryl methyl sites for hydroxylation is 1. The second-order valence-corrected chi connectivity index (χ2v) is 7.09. The van der Waals surface area contributed by atoms with Crippen LogP contribution in [0.15, 0.2) is 82.3 Å². The van der Waals surface area contributed by atoms with Crippen molar-refractivity contribution in [3.05, 3.63) is 99.8 Å². The van der Waals surface area contributed by atoms with Crippen LogP contribution >= 0.6 is 0 Å². The van der Waals surface area contributed by atoms with Crippen molar-refractivity contribution in [1.82, 2.24) is 5.43 Å². The summed E-state index contributed by atoms with van der Waals surface area (Å²) in [6.45, 7) is 1.79. The normalized spacial score (nSPS) is 11.1. The molecule has 0 unspecified atom stereocenters. The standard InChI is InChI=1S/C24H19N3O4/c1-16-9-11-21(22(13-16)27(29)30)23-12-10-19(31-23)15-25-26-24(28)14-18-7-4-6-17-5-2-3-8-20(17)18/h2-13,15H,14H2,1H3,(H,26,28)/b25-15-. The van der Waals surface area contributed by atoms with Gasteiger partial charge in [0.2, 0.25) is 5.91 Å². The third kappa shape index (κ3) is 4.51. The lowest BCUT2D eigenvalue weighted by atomic mass is 10.0. The van der Waals surface area contributed by atoms with Gasteiger partial charge >= 0.3 is 0 Å². The molecule has 0 bridgehead atoms. The minimum Gasteiger partial charge on any atom is -0.455 e. The lowest BCUT2D eigenvalue weighted by Gasteiger charge is -2.05. The Morgan fingerprint density at radius 2 is 1.90 bits per heavy atom. The third-order valence-corrected chi connectivity index (χ3v) is 4.85. The number of carbonyl (C=O) groups is 1. The van der Waals surface area contributed by atoms with E-state index in [2.05, 4.69) is 10.5 Å². The fraction of sp³-hybridized carbons (Fsp3) is 0.0833. The van der Waals surface area contributed by atoms with E-state index < -0.39 is 4.92 Å². The number of furan rings is 1.